The number of aliphatic imine (C=N–C) groups is 1. The lowest BCUT2D eigenvalue weighted by atomic mass is 10.0. The van der Waals surface area contributed by atoms with E-state index in [9.17, 15) is 14.7 Å². The molecule has 0 bridgehead atoms. The summed E-state index contributed by atoms with van der Waals surface area (Å²) in [5.41, 5.74) is -0.190. The van der Waals surface area contributed by atoms with Crippen LogP contribution in [0.25, 0.3) is 0 Å². The number of thioether (sulfide) groups is 1. The molecule has 2 unspecified atom stereocenters. The number of rotatable bonds is 7. The van der Waals surface area contributed by atoms with Crippen LogP contribution in [0, 0.1) is 5.92 Å². The highest BCUT2D eigenvalue weighted by Gasteiger charge is 2.39. The van der Waals surface area contributed by atoms with Crippen LogP contribution in [0.15, 0.2) is 16.0 Å². The average Bonchev–Trinajstić information content (AvgIpc) is 2.72. The highest BCUT2D eigenvalue weighted by Crippen LogP contribution is 2.37. The van der Waals surface area contributed by atoms with E-state index in [0.717, 1.165) is 11.8 Å². The average molecular weight is 303 g/mol. The third-order valence-electron chi connectivity index (χ3n) is 2.74. The molecule has 0 aromatic rings. The molecule has 112 valence electrons. The van der Waals surface area contributed by atoms with Crippen molar-refractivity contribution in [1.29, 1.82) is 0 Å². The van der Waals surface area contributed by atoms with Gasteiger partial charge in [0, 0.05) is 11.5 Å². The van der Waals surface area contributed by atoms with Crippen LogP contribution in [-0.4, -0.2) is 56.2 Å². The molecule has 0 aromatic carbocycles. The molecule has 3 atom stereocenters. The number of aliphatic hydroxyl groups is 2. The Kier molecular flexibility index (Phi) is 6.18. The van der Waals surface area contributed by atoms with E-state index in [1.165, 1.54) is 6.92 Å². The Morgan fingerprint density at radius 2 is 2.10 bits per heavy atom. The molecular formula is C12H17NO6S. The van der Waals surface area contributed by atoms with Crippen LogP contribution in [0.4, 0.5) is 0 Å². The minimum absolute atomic E-state index is 0.0111. The number of hydrogen-bond donors (Lipinski definition) is 4. The molecule has 8 heteroatoms. The molecule has 0 saturated carbocycles. The molecule has 7 nitrogen and oxygen atoms in total. The first kappa shape index (κ1) is 16.7. The number of allylic oxidation sites excluding steroid dienone is 1. The maximum Gasteiger partial charge on any atom is 0.355 e. The number of aliphatic hydroxyl groups excluding tert-OH is 2. The van der Waals surface area contributed by atoms with Crippen LogP contribution in [0.3, 0.4) is 0 Å². The highest BCUT2D eigenvalue weighted by atomic mass is 32.2. The summed E-state index contributed by atoms with van der Waals surface area (Å²) in [5, 5.41) is 35.5. The predicted octanol–water partition coefficient (Wildman–Crippen LogP) is 0.323. The van der Waals surface area contributed by atoms with E-state index in [1.807, 2.05) is 0 Å². The summed E-state index contributed by atoms with van der Waals surface area (Å²) >= 11 is 1.02. The van der Waals surface area contributed by atoms with Crippen LogP contribution >= 0.6 is 11.8 Å². The lowest BCUT2D eigenvalue weighted by Gasteiger charge is -2.18. The van der Waals surface area contributed by atoms with Gasteiger partial charge in [0.05, 0.1) is 6.10 Å². The van der Waals surface area contributed by atoms with Crippen molar-refractivity contribution in [3.8, 4) is 0 Å². The standard InChI is InChI=1S/C12H17NO6S/c1-6(15)8(11(16)17)10-13-9(12(18)19)7(20-10)4-2-3-5-14/h4,6,8,10,14-15H,2-3,5H2,1H3,(H,16,17)(H,18,19)/b7-4-/t6-,8?,10?/m0/s1. The second kappa shape index (κ2) is 7.41. The van der Waals surface area contributed by atoms with Crippen LogP contribution < -0.4 is 0 Å². The van der Waals surface area contributed by atoms with Crippen molar-refractivity contribution >= 4 is 29.4 Å². The summed E-state index contributed by atoms with van der Waals surface area (Å²) in [7, 11) is 0. The summed E-state index contributed by atoms with van der Waals surface area (Å²) in [6, 6.07) is 0. The third-order valence-corrected chi connectivity index (χ3v) is 4.00. The smallest absolute Gasteiger partial charge is 0.355 e. The first-order valence-electron chi connectivity index (χ1n) is 6.08. The number of carboxylic acids is 2. The van der Waals surface area contributed by atoms with Crippen molar-refractivity contribution in [3.63, 3.8) is 0 Å². The van der Waals surface area contributed by atoms with E-state index in [-0.39, 0.29) is 12.3 Å². The highest BCUT2D eigenvalue weighted by molar-refractivity contribution is 8.05. The maximum absolute atomic E-state index is 11.1. The Hall–Kier alpha value is -1.38. The zero-order chi connectivity index (χ0) is 15.3. The van der Waals surface area contributed by atoms with Crippen molar-refractivity contribution in [3.05, 3.63) is 11.0 Å². The molecular weight excluding hydrogens is 286 g/mol. The first-order valence-corrected chi connectivity index (χ1v) is 6.96. The van der Waals surface area contributed by atoms with Crippen molar-refractivity contribution in [2.24, 2.45) is 10.9 Å². The van der Waals surface area contributed by atoms with Gasteiger partial charge in [-0.3, -0.25) is 9.79 Å². The molecule has 1 aliphatic rings. The number of nitrogens with zero attached hydrogens (tertiary/aromatic N) is 1. The van der Waals surface area contributed by atoms with Gasteiger partial charge < -0.3 is 20.4 Å². The van der Waals surface area contributed by atoms with Gasteiger partial charge in [0.1, 0.15) is 11.3 Å². The van der Waals surface area contributed by atoms with Crippen LogP contribution in [-0.2, 0) is 9.59 Å². The summed E-state index contributed by atoms with van der Waals surface area (Å²) in [6.45, 7) is 1.33. The first-order chi connectivity index (χ1) is 9.38. The summed E-state index contributed by atoms with van der Waals surface area (Å²) in [4.78, 5) is 26.5. The summed E-state index contributed by atoms with van der Waals surface area (Å²) in [5.74, 6) is -3.62. The van der Waals surface area contributed by atoms with Gasteiger partial charge in [-0.2, -0.15) is 0 Å². The largest absolute Gasteiger partial charge is 0.481 e. The van der Waals surface area contributed by atoms with Crippen molar-refractivity contribution in [1.82, 2.24) is 0 Å². The molecule has 0 radical (unpaired) electrons. The van der Waals surface area contributed by atoms with Crippen LogP contribution in [0.2, 0.25) is 0 Å². The van der Waals surface area contributed by atoms with Gasteiger partial charge in [-0.25, -0.2) is 4.79 Å². The number of unbranched alkanes of at least 4 members (excludes halogenated alkanes) is 1. The number of carboxylic acid groups (broad SMARTS) is 2. The maximum atomic E-state index is 11.1. The molecule has 0 fully saturated rings. The monoisotopic (exact) mass is 303 g/mol. The Labute approximate surface area is 120 Å². The SMILES string of the molecule is C[C@H](O)C(C(=O)O)C1N=C(C(=O)O)/C(=C/CCCO)S1. The van der Waals surface area contributed by atoms with Gasteiger partial charge in [-0.1, -0.05) is 17.8 Å². The Bertz CT molecular complexity index is 445. The number of hydrogen-bond acceptors (Lipinski definition) is 6. The zero-order valence-electron chi connectivity index (χ0n) is 10.9. The molecule has 1 heterocycles. The number of carbonyl (C=O) groups is 2. The fourth-order valence-corrected chi connectivity index (χ4v) is 3.13. The topological polar surface area (TPSA) is 127 Å². The molecule has 0 amide bonds. The van der Waals surface area contributed by atoms with Gasteiger partial charge in [0.15, 0.2) is 5.71 Å². The second-order valence-electron chi connectivity index (χ2n) is 4.33. The van der Waals surface area contributed by atoms with Crippen molar-refractivity contribution in [2.45, 2.75) is 31.2 Å². The summed E-state index contributed by atoms with van der Waals surface area (Å²) in [6.07, 6.45) is 1.44. The van der Waals surface area contributed by atoms with E-state index in [0.29, 0.717) is 17.7 Å². The zero-order valence-corrected chi connectivity index (χ0v) is 11.7. The third kappa shape index (κ3) is 4.06. The second-order valence-corrected chi connectivity index (χ2v) is 5.49. The van der Waals surface area contributed by atoms with E-state index < -0.39 is 29.3 Å². The lowest BCUT2D eigenvalue weighted by Crippen LogP contribution is -2.33. The minimum atomic E-state index is -1.23. The Morgan fingerprint density at radius 3 is 2.55 bits per heavy atom. The molecule has 0 aliphatic carbocycles. The fourth-order valence-electron chi connectivity index (χ4n) is 1.75. The minimum Gasteiger partial charge on any atom is -0.481 e. The van der Waals surface area contributed by atoms with Crippen molar-refractivity contribution in [2.75, 3.05) is 6.61 Å². The molecule has 0 aromatic heterocycles. The molecule has 20 heavy (non-hydrogen) atoms. The molecule has 0 saturated heterocycles. The van der Waals surface area contributed by atoms with E-state index in [2.05, 4.69) is 4.99 Å². The Balaban J connectivity index is 2.96. The quantitative estimate of drug-likeness (QED) is 0.499. The summed E-state index contributed by atoms with van der Waals surface area (Å²) < 4.78 is 0. The van der Waals surface area contributed by atoms with Crippen LogP contribution in [0.5, 0.6) is 0 Å². The fraction of sp³-hybridized carbons (Fsp3) is 0.583. The molecule has 1 rings (SSSR count). The molecule has 4 N–H and O–H groups in total. The van der Waals surface area contributed by atoms with Gasteiger partial charge in [-0.15, -0.1) is 0 Å². The van der Waals surface area contributed by atoms with E-state index in [4.69, 9.17) is 15.3 Å². The van der Waals surface area contributed by atoms with Gasteiger partial charge >= 0.3 is 11.9 Å². The van der Waals surface area contributed by atoms with E-state index in [1.54, 1.807) is 6.08 Å². The lowest BCUT2D eigenvalue weighted by molar-refractivity contribution is -0.145. The van der Waals surface area contributed by atoms with Gasteiger partial charge in [0.25, 0.3) is 0 Å². The van der Waals surface area contributed by atoms with Gasteiger partial charge in [0.2, 0.25) is 0 Å². The number of aliphatic carboxylic acids is 2. The van der Waals surface area contributed by atoms with Crippen molar-refractivity contribution < 1.29 is 30.0 Å². The Morgan fingerprint density at radius 1 is 1.45 bits per heavy atom. The van der Waals surface area contributed by atoms with Gasteiger partial charge in [-0.05, 0) is 19.8 Å². The normalized spacial score (nSPS) is 23.4. The molecule has 1 aliphatic heterocycles. The predicted molar refractivity (Wildman–Crippen MR) is 73.7 cm³/mol. The van der Waals surface area contributed by atoms with Crippen LogP contribution in [0.1, 0.15) is 19.8 Å². The van der Waals surface area contributed by atoms with E-state index >= 15 is 0 Å². The molecule has 0 spiro atoms.